The molecule has 0 heterocycles. The van der Waals surface area contributed by atoms with Gasteiger partial charge in [-0.3, -0.25) is 0 Å². The standard InChI is InChI=1S/C3H6NOP.2Rh/c1-5-3(4)2-6;;/h1-2,6H2;;. The van der Waals surface area contributed by atoms with Gasteiger partial charge >= 0.3 is 54.6 Å². The number of amides is 1. The molecule has 0 spiro atoms. The van der Waals surface area contributed by atoms with Gasteiger partial charge < -0.3 is 0 Å². The number of nitrogens with zero attached hydrogens (tertiary/aromatic N) is 1. The molecule has 0 aliphatic rings. The van der Waals surface area contributed by atoms with Crippen LogP contribution in [0.1, 0.15) is 0 Å². The van der Waals surface area contributed by atoms with Crippen LogP contribution in [0.2, 0.25) is 0 Å². The zero-order valence-electron chi connectivity index (χ0n) is 4.01. The molecule has 2 nitrogen and oxygen atoms in total. The Morgan fingerprint density at radius 1 is 1.88 bits per heavy atom. The molecular weight excluding hydrogens is 303 g/mol. The molecule has 0 N–H and O–H groups in total. The number of hydrogen-bond acceptors (Lipinski definition) is 0. The first-order valence-electron chi connectivity index (χ1n) is 1.63. The molecule has 1 atom stereocenters. The molecule has 0 aromatic heterocycles. The van der Waals surface area contributed by atoms with Crippen molar-refractivity contribution in [2.75, 3.05) is 6.16 Å². The van der Waals surface area contributed by atoms with Gasteiger partial charge in [-0.25, -0.2) is 0 Å². The van der Waals surface area contributed by atoms with Crippen LogP contribution in [-0.4, -0.2) is 12.1 Å². The van der Waals surface area contributed by atoms with Gasteiger partial charge in [-0.1, -0.05) is 0 Å². The average Bonchev–Trinajstić information content (AvgIpc) is 1.72. The smallest absolute Gasteiger partial charge is 0 e. The van der Waals surface area contributed by atoms with E-state index < -0.39 is 0 Å². The minimum Gasteiger partial charge on any atom is 0 e. The summed E-state index contributed by atoms with van der Waals surface area (Å²) in [7, 11) is 5.64. The van der Waals surface area contributed by atoms with Gasteiger partial charge in [0, 0.05) is 19.5 Å². The predicted molar refractivity (Wildman–Crippen MR) is 27.4 cm³/mol. The van der Waals surface area contributed by atoms with Crippen LogP contribution < -0.4 is 0 Å². The Bertz CT molecular complexity index is 95.3. The van der Waals surface area contributed by atoms with Crippen LogP contribution in [0.4, 0.5) is 0 Å². The van der Waals surface area contributed by atoms with Gasteiger partial charge in [-0.05, 0) is 0 Å². The van der Waals surface area contributed by atoms with E-state index in [9.17, 15) is 0 Å². The van der Waals surface area contributed by atoms with E-state index in [0.29, 0.717) is 12.1 Å². The molecule has 0 aromatic rings. The molecule has 0 aliphatic heterocycles. The topological polar surface area (TPSA) is 23.7 Å². The first-order valence-corrected chi connectivity index (χ1v) is 3.18. The Morgan fingerprint density at radius 2 is 2.38 bits per heavy atom. The molecule has 0 saturated carbocycles. The van der Waals surface area contributed by atoms with Crippen molar-refractivity contribution < 1.29 is 42.0 Å². The molecule has 1 radical (unpaired) electrons. The zero-order chi connectivity index (χ0) is 5.70. The van der Waals surface area contributed by atoms with Gasteiger partial charge in [0.25, 0.3) is 0 Å². The summed E-state index contributed by atoms with van der Waals surface area (Å²) in [6.07, 6.45) is 0.709. The Kier molecular flexibility index (Phi) is 11.8. The quantitative estimate of drug-likeness (QED) is 0.291. The Balaban J connectivity index is 0. The van der Waals surface area contributed by atoms with Crippen molar-refractivity contribution in [1.29, 1.82) is 0 Å². The maximum atomic E-state index is 4.50. The minimum absolute atomic E-state index is 0. The van der Waals surface area contributed by atoms with Crippen LogP contribution in [0.15, 0.2) is 3.68 Å². The largest absolute Gasteiger partial charge is 0 e. The molecule has 0 saturated heterocycles. The van der Waals surface area contributed by atoms with Crippen molar-refractivity contribution >= 4 is 15.1 Å². The van der Waals surface area contributed by atoms with Gasteiger partial charge in [0.1, 0.15) is 0 Å². The van der Waals surface area contributed by atoms with Crippen LogP contribution in [0, 0.1) is 7.11 Å². The van der Waals surface area contributed by atoms with Crippen LogP contribution in [0.5, 0.6) is 0 Å². The third-order valence-electron chi connectivity index (χ3n) is 0.424. The number of rotatable bonds is 1. The molecular formula is C3H6NOPRh2. The summed E-state index contributed by atoms with van der Waals surface area (Å²) in [6, 6.07) is 0. The van der Waals surface area contributed by atoms with Gasteiger partial charge in [-0.2, -0.15) is 0 Å². The van der Waals surface area contributed by atoms with Gasteiger partial charge in [-0.15, -0.1) is 0 Å². The molecule has 1 amide bonds. The molecule has 0 aromatic carbocycles. The number of carbonyl (C=O) groups excluding carboxylic acids is 1. The first-order chi connectivity index (χ1) is 3.35. The van der Waals surface area contributed by atoms with E-state index in [2.05, 4.69) is 42.6 Å². The molecule has 52 valence electrons. The van der Waals surface area contributed by atoms with Crippen molar-refractivity contribution in [2.45, 2.75) is 0 Å². The summed E-state index contributed by atoms with van der Waals surface area (Å²) in [4.78, 5) is 0. The summed E-state index contributed by atoms with van der Waals surface area (Å²) in [5.74, 6) is 0.609. The van der Waals surface area contributed by atoms with Gasteiger partial charge in [0.2, 0.25) is 0 Å². The molecule has 0 bridgehead atoms. The molecule has 8 heavy (non-hydrogen) atoms. The normalized spacial score (nSPS) is 10.0. The van der Waals surface area contributed by atoms with E-state index in [-0.39, 0.29) is 19.5 Å². The maximum Gasteiger partial charge on any atom is 0 e. The monoisotopic (exact) mass is 309 g/mol. The first kappa shape index (κ1) is 11.8. The van der Waals surface area contributed by atoms with E-state index in [1.807, 2.05) is 0 Å². The molecule has 0 aliphatic carbocycles. The second-order valence-electron chi connectivity index (χ2n) is 0.817. The van der Waals surface area contributed by atoms with Crippen LogP contribution in [-0.2, 0) is 42.0 Å². The van der Waals surface area contributed by atoms with E-state index in [1.54, 1.807) is 0 Å². The van der Waals surface area contributed by atoms with E-state index in [0.717, 1.165) is 0 Å². The van der Waals surface area contributed by atoms with Crippen molar-refractivity contribution in [1.82, 2.24) is 0 Å². The predicted octanol–water partition coefficient (Wildman–Crippen LogP) is 0.443. The molecule has 0 rings (SSSR count). The van der Waals surface area contributed by atoms with E-state index in [1.165, 1.54) is 0 Å². The maximum absolute atomic E-state index is 4.50. The van der Waals surface area contributed by atoms with Crippen LogP contribution in [0.25, 0.3) is 0 Å². The Hall–Kier alpha value is 1.02. The van der Waals surface area contributed by atoms with Crippen LogP contribution >= 0.6 is 9.24 Å². The zero-order valence-corrected chi connectivity index (χ0v) is 8.45. The van der Waals surface area contributed by atoms with Gasteiger partial charge in [0.05, 0.1) is 0 Å². The summed E-state index contributed by atoms with van der Waals surface area (Å²) in [5.41, 5.74) is 0. The van der Waals surface area contributed by atoms with Crippen molar-refractivity contribution in [3.8, 4) is 0 Å². The summed E-state index contributed by atoms with van der Waals surface area (Å²) >= 11 is 2.36. The number of hydrogen-bond donors (Lipinski definition) is 0. The average molecular weight is 309 g/mol. The summed E-state index contributed by atoms with van der Waals surface area (Å²) in [6.45, 7) is 0. The summed E-state index contributed by atoms with van der Waals surface area (Å²) < 4.78 is 8.13. The SMILES string of the molecule is [CH2-][O+]=C(CP)[N]=[Rh].[Rh]. The fourth-order valence-electron chi connectivity index (χ4n) is 0.111. The fraction of sp³-hybridized carbons (Fsp3) is 0.333. The minimum atomic E-state index is 0. The van der Waals surface area contributed by atoms with E-state index in [4.69, 9.17) is 0 Å². The second-order valence-corrected chi connectivity index (χ2v) is 1.59. The third kappa shape index (κ3) is 5.16. The molecule has 1 unspecified atom stereocenters. The third-order valence-corrected chi connectivity index (χ3v) is 1.18. The fourth-order valence-corrected chi connectivity index (χ4v) is 0.844. The summed E-state index contributed by atoms with van der Waals surface area (Å²) in [5, 5.41) is 0. The molecule has 5 heteroatoms. The molecule has 0 fully saturated rings. The van der Waals surface area contributed by atoms with Crippen molar-refractivity contribution in [3.05, 3.63) is 7.11 Å². The van der Waals surface area contributed by atoms with Crippen LogP contribution in [0.3, 0.4) is 0 Å². The van der Waals surface area contributed by atoms with Crippen molar-refractivity contribution in [3.63, 3.8) is 0 Å². The van der Waals surface area contributed by atoms with Gasteiger partial charge in [0.15, 0.2) is 0 Å². The second kappa shape index (κ2) is 8.02. The Morgan fingerprint density at radius 3 is 2.38 bits per heavy atom. The van der Waals surface area contributed by atoms with E-state index >= 15 is 0 Å². The van der Waals surface area contributed by atoms with Crippen molar-refractivity contribution in [2.24, 2.45) is 3.68 Å². The Labute approximate surface area is 74.0 Å².